The first-order chi connectivity index (χ1) is 11.5. The van der Waals surface area contributed by atoms with Gasteiger partial charge >= 0.3 is 5.97 Å². The molecule has 0 saturated heterocycles. The van der Waals surface area contributed by atoms with Gasteiger partial charge in [0.2, 0.25) is 5.78 Å². The number of ether oxygens (including phenoxy) is 1. The third-order valence-corrected chi connectivity index (χ3v) is 3.49. The second-order valence-electron chi connectivity index (χ2n) is 5.42. The lowest BCUT2D eigenvalue weighted by atomic mass is 10.0. The fourth-order valence-electron chi connectivity index (χ4n) is 2.13. The van der Waals surface area contributed by atoms with E-state index >= 15 is 0 Å². The summed E-state index contributed by atoms with van der Waals surface area (Å²) in [5.41, 5.74) is 3.73. The average molecular weight is 319 g/mol. The van der Waals surface area contributed by atoms with Crippen molar-refractivity contribution in [2.45, 2.75) is 13.8 Å². The highest BCUT2D eigenvalue weighted by Crippen LogP contribution is 2.12. The second kappa shape index (κ2) is 7.89. The van der Waals surface area contributed by atoms with E-state index in [-0.39, 0.29) is 12.4 Å². The van der Waals surface area contributed by atoms with E-state index in [4.69, 9.17) is 10.00 Å². The third-order valence-electron chi connectivity index (χ3n) is 3.49. The fourth-order valence-corrected chi connectivity index (χ4v) is 2.13. The van der Waals surface area contributed by atoms with Crippen LogP contribution in [-0.4, -0.2) is 18.4 Å². The van der Waals surface area contributed by atoms with E-state index in [1.165, 1.54) is 6.08 Å². The van der Waals surface area contributed by atoms with E-state index in [1.807, 2.05) is 32.0 Å². The largest absolute Gasteiger partial charge is 0.454 e. The summed E-state index contributed by atoms with van der Waals surface area (Å²) >= 11 is 0. The molecule has 0 radical (unpaired) electrons. The van der Waals surface area contributed by atoms with Gasteiger partial charge in [-0.1, -0.05) is 29.8 Å². The smallest absolute Gasteiger partial charge is 0.331 e. The molecule has 0 N–H and O–H groups in total. The number of benzene rings is 2. The highest BCUT2D eigenvalue weighted by molar-refractivity contribution is 6.00. The van der Waals surface area contributed by atoms with Crippen molar-refractivity contribution in [1.82, 2.24) is 0 Å². The summed E-state index contributed by atoms with van der Waals surface area (Å²) in [6, 6.07) is 14.4. The number of ketones is 1. The Balaban J connectivity index is 1.92. The number of nitrogens with zero attached hydrogens (tertiary/aromatic N) is 1. The van der Waals surface area contributed by atoms with Crippen molar-refractivity contribution >= 4 is 17.8 Å². The van der Waals surface area contributed by atoms with Crippen molar-refractivity contribution < 1.29 is 14.3 Å². The van der Waals surface area contributed by atoms with E-state index in [0.717, 1.165) is 16.7 Å². The summed E-state index contributed by atoms with van der Waals surface area (Å²) < 4.78 is 4.99. The first-order valence-electron chi connectivity index (χ1n) is 7.45. The van der Waals surface area contributed by atoms with Crippen LogP contribution >= 0.6 is 0 Å². The zero-order valence-corrected chi connectivity index (χ0v) is 13.6. The third kappa shape index (κ3) is 4.65. The molecule has 4 heteroatoms. The molecule has 0 amide bonds. The molecule has 0 saturated carbocycles. The van der Waals surface area contributed by atoms with Crippen molar-refractivity contribution in [3.05, 3.63) is 76.4 Å². The van der Waals surface area contributed by atoms with E-state index in [0.29, 0.717) is 11.1 Å². The maximum absolute atomic E-state index is 12.1. The van der Waals surface area contributed by atoms with Crippen molar-refractivity contribution in [3.8, 4) is 6.07 Å². The number of Topliss-reactive ketones (excluding diaryl/α,β-unsaturated/α-hetero) is 1. The lowest BCUT2D eigenvalue weighted by molar-refractivity contribution is -0.136. The highest BCUT2D eigenvalue weighted by atomic mass is 16.5. The summed E-state index contributed by atoms with van der Waals surface area (Å²) in [5, 5.41) is 8.73. The zero-order valence-electron chi connectivity index (χ0n) is 13.6. The van der Waals surface area contributed by atoms with E-state index in [1.54, 1.807) is 36.4 Å². The quantitative estimate of drug-likeness (QED) is 0.479. The summed E-state index contributed by atoms with van der Waals surface area (Å²) in [4.78, 5) is 23.8. The van der Waals surface area contributed by atoms with E-state index < -0.39 is 5.97 Å². The molecule has 24 heavy (non-hydrogen) atoms. The van der Waals surface area contributed by atoms with E-state index in [9.17, 15) is 9.59 Å². The van der Waals surface area contributed by atoms with Crippen LogP contribution in [0.5, 0.6) is 0 Å². The van der Waals surface area contributed by atoms with Crippen molar-refractivity contribution in [1.29, 1.82) is 5.26 Å². The van der Waals surface area contributed by atoms with Gasteiger partial charge in [-0.15, -0.1) is 0 Å². The monoisotopic (exact) mass is 319 g/mol. The maximum atomic E-state index is 12.1. The lowest BCUT2D eigenvalue weighted by Gasteiger charge is -2.06. The number of rotatable bonds is 5. The molecule has 0 fully saturated rings. The molecule has 0 aliphatic carbocycles. The lowest BCUT2D eigenvalue weighted by Crippen LogP contribution is -2.13. The van der Waals surface area contributed by atoms with Crippen LogP contribution in [-0.2, 0) is 9.53 Å². The molecular formula is C20H17NO3. The minimum Gasteiger partial charge on any atom is -0.454 e. The molecular weight excluding hydrogens is 302 g/mol. The number of hydrogen-bond acceptors (Lipinski definition) is 4. The Kier molecular flexibility index (Phi) is 5.64. The Morgan fingerprint density at radius 2 is 1.83 bits per heavy atom. The Bertz CT molecular complexity index is 827. The number of carbonyl (C=O) groups excluding carboxylic acids is 2. The molecule has 2 rings (SSSR count). The van der Waals surface area contributed by atoms with Crippen LogP contribution in [0, 0.1) is 25.2 Å². The Morgan fingerprint density at radius 3 is 2.50 bits per heavy atom. The van der Waals surface area contributed by atoms with Crippen LogP contribution in [0.15, 0.2) is 48.5 Å². The van der Waals surface area contributed by atoms with Gasteiger partial charge in [0.25, 0.3) is 0 Å². The minimum atomic E-state index is -0.585. The van der Waals surface area contributed by atoms with Crippen molar-refractivity contribution in [2.24, 2.45) is 0 Å². The van der Waals surface area contributed by atoms with Gasteiger partial charge in [0.1, 0.15) is 0 Å². The van der Waals surface area contributed by atoms with Gasteiger partial charge in [0, 0.05) is 11.6 Å². The van der Waals surface area contributed by atoms with Crippen LogP contribution < -0.4 is 0 Å². The normalized spacial score (nSPS) is 10.4. The number of nitriles is 1. The number of aryl methyl sites for hydroxylation is 2. The fraction of sp³-hybridized carbons (Fsp3) is 0.150. The van der Waals surface area contributed by atoms with Crippen molar-refractivity contribution in [3.63, 3.8) is 0 Å². The SMILES string of the molecule is Cc1ccc(C)c(C(=O)COC(=O)/C=C/c2ccc(C#N)cc2)c1. The molecule has 0 spiro atoms. The van der Waals surface area contributed by atoms with Gasteiger partial charge in [0.05, 0.1) is 11.6 Å². The summed E-state index contributed by atoms with van der Waals surface area (Å²) in [6.45, 7) is 3.46. The summed E-state index contributed by atoms with van der Waals surface area (Å²) in [6.07, 6.45) is 2.84. The molecule has 0 aliphatic rings. The standard InChI is InChI=1S/C20H17NO3/c1-14-3-4-15(2)18(11-14)19(22)13-24-20(23)10-9-16-5-7-17(12-21)8-6-16/h3-11H,13H2,1-2H3/b10-9+. The van der Waals surface area contributed by atoms with Crippen LogP contribution in [0.25, 0.3) is 6.08 Å². The molecule has 0 bridgehead atoms. The predicted octanol–water partition coefficient (Wildman–Crippen LogP) is 3.61. The zero-order chi connectivity index (χ0) is 17.5. The number of esters is 1. The van der Waals surface area contributed by atoms with Gasteiger partial charge in [-0.05, 0) is 49.2 Å². The summed E-state index contributed by atoms with van der Waals surface area (Å²) in [5.74, 6) is -0.811. The van der Waals surface area contributed by atoms with Gasteiger partial charge < -0.3 is 4.74 Å². The van der Waals surface area contributed by atoms with Gasteiger partial charge in [-0.25, -0.2) is 4.79 Å². The van der Waals surface area contributed by atoms with Crippen LogP contribution in [0.2, 0.25) is 0 Å². The molecule has 0 aromatic heterocycles. The molecule has 0 heterocycles. The van der Waals surface area contributed by atoms with Crippen LogP contribution in [0.3, 0.4) is 0 Å². The second-order valence-corrected chi connectivity index (χ2v) is 5.42. The Morgan fingerprint density at radius 1 is 1.12 bits per heavy atom. The average Bonchev–Trinajstić information content (AvgIpc) is 2.60. The molecule has 120 valence electrons. The molecule has 0 aliphatic heterocycles. The number of hydrogen-bond donors (Lipinski definition) is 0. The maximum Gasteiger partial charge on any atom is 0.331 e. The molecule has 2 aromatic rings. The molecule has 0 atom stereocenters. The Labute approximate surface area is 141 Å². The molecule has 4 nitrogen and oxygen atoms in total. The topological polar surface area (TPSA) is 67.2 Å². The van der Waals surface area contributed by atoms with Gasteiger partial charge in [-0.3, -0.25) is 4.79 Å². The molecule has 0 unspecified atom stereocenters. The summed E-state index contributed by atoms with van der Waals surface area (Å²) in [7, 11) is 0. The minimum absolute atomic E-state index is 0.226. The number of carbonyl (C=O) groups is 2. The van der Waals surface area contributed by atoms with Crippen LogP contribution in [0.4, 0.5) is 0 Å². The Hall–Kier alpha value is -3.19. The van der Waals surface area contributed by atoms with Crippen molar-refractivity contribution in [2.75, 3.05) is 6.61 Å². The van der Waals surface area contributed by atoms with Gasteiger partial charge in [0.15, 0.2) is 6.61 Å². The first kappa shape index (κ1) is 17.2. The molecule has 2 aromatic carbocycles. The first-order valence-corrected chi connectivity index (χ1v) is 7.45. The van der Waals surface area contributed by atoms with Gasteiger partial charge in [-0.2, -0.15) is 5.26 Å². The van der Waals surface area contributed by atoms with Crippen LogP contribution in [0.1, 0.15) is 32.6 Å². The predicted molar refractivity (Wildman–Crippen MR) is 91.4 cm³/mol. The highest BCUT2D eigenvalue weighted by Gasteiger charge is 2.11. The van der Waals surface area contributed by atoms with E-state index in [2.05, 4.69) is 0 Å².